The van der Waals surface area contributed by atoms with E-state index in [1.54, 1.807) is 17.0 Å². The monoisotopic (exact) mass is 365 g/mol. The fraction of sp³-hybridized carbons (Fsp3) is 0.391. The molecule has 4 nitrogen and oxygen atoms in total. The van der Waals surface area contributed by atoms with E-state index in [-0.39, 0.29) is 24.5 Å². The third kappa shape index (κ3) is 6.04. The van der Waals surface area contributed by atoms with E-state index in [0.29, 0.717) is 12.1 Å². The van der Waals surface area contributed by atoms with Gasteiger partial charge in [-0.25, -0.2) is 0 Å². The second kappa shape index (κ2) is 10.0. The SMILES string of the molecule is O=C(CCC(=O)c1ccccc1)NCc1ccccc1C[NH+]1CCCCC1. The van der Waals surface area contributed by atoms with Gasteiger partial charge in [0.1, 0.15) is 6.54 Å². The minimum atomic E-state index is -0.0700. The largest absolute Gasteiger partial charge is 0.352 e. The predicted molar refractivity (Wildman–Crippen MR) is 107 cm³/mol. The Morgan fingerprint density at radius 3 is 2.22 bits per heavy atom. The zero-order chi connectivity index (χ0) is 18.9. The molecule has 1 heterocycles. The Labute approximate surface area is 161 Å². The fourth-order valence-corrected chi connectivity index (χ4v) is 3.68. The maximum Gasteiger partial charge on any atom is 0.220 e. The normalized spacial score (nSPS) is 14.7. The van der Waals surface area contributed by atoms with Crippen LogP contribution >= 0.6 is 0 Å². The maximum atomic E-state index is 12.2. The topological polar surface area (TPSA) is 50.6 Å². The van der Waals surface area contributed by atoms with Crippen LogP contribution in [-0.4, -0.2) is 24.8 Å². The summed E-state index contributed by atoms with van der Waals surface area (Å²) in [5.74, 6) is -0.0562. The lowest BCUT2D eigenvalue weighted by atomic mass is 10.0. The van der Waals surface area contributed by atoms with Crippen LogP contribution in [0.5, 0.6) is 0 Å². The molecule has 0 atom stereocenters. The van der Waals surface area contributed by atoms with E-state index in [4.69, 9.17) is 0 Å². The number of benzene rings is 2. The van der Waals surface area contributed by atoms with Crippen LogP contribution in [0, 0.1) is 0 Å². The van der Waals surface area contributed by atoms with Gasteiger partial charge in [-0.1, -0.05) is 54.6 Å². The molecule has 27 heavy (non-hydrogen) atoms. The summed E-state index contributed by atoms with van der Waals surface area (Å²) in [6.45, 7) is 4.03. The molecule has 0 aromatic heterocycles. The summed E-state index contributed by atoms with van der Waals surface area (Å²) in [6, 6.07) is 17.5. The Bertz CT molecular complexity index is 752. The highest BCUT2D eigenvalue weighted by Crippen LogP contribution is 2.09. The number of amides is 1. The van der Waals surface area contributed by atoms with E-state index in [1.807, 2.05) is 24.3 Å². The second-order valence-corrected chi connectivity index (χ2v) is 7.32. The molecule has 2 N–H and O–H groups in total. The van der Waals surface area contributed by atoms with Crippen LogP contribution in [0.3, 0.4) is 0 Å². The molecule has 2 aromatic rings. The van der Waals surface area contributed by atoms with E-state index in [2.05, 4.69) is 23.5 Å². The van der Waals surface area contributed by atoms with Gasteiger partial charge in [0.25, 0.3) is 0 Å². The van der Waals surface area contributed by atoms with Crippen LogP contribution in [0.15, 0.2) is 54.6 Å². The number of hydrogen-bond donors (Lipinski definition) is 2. The highest BCUT2D eigenvalue weighted by molar-refractivity contribution is 5.97. The molecule has 1 fully saturated rings. The Balaban J connectivity index is 1.48. The van der Waals surface area contributed by atoms with Crippen LogP contribution in [0.4, 0.5) is 0 Å². The van der Waals surface area contributed by atoms with Crippen molar-refractivity contribution in [3.8, 4) is 0 Å². The first-order chi connectivity index (χ1) is 13.2. The Morgan fingerprint density at radius 2 is 1.48 bits per heavy atom. The summed E-state index contributed by atoms with van der Waals surface area (Å²) in [6.07, 6.45) is 4.44. The van der Waals surface area contributed by atoms with Gasteiger partial charge >= 0.3 is 0 Å². The Hall–Kier alpha value is -2.46. The molecule has 0 saturated carbocycles. The van der Waals surface area contributed by atoms with Crippen LogP contribution in [0.1, 0.15) is 53.6 Å². The van der Waals surface area contributed by atoms with Crippen LogP contribution in [0.25, 0.3) is 0 Å². The Morgan fingerprint density at radius 1 is 0.815 bits per heavy atom. The third-order valence-electron chi connectivity index (χ3n) is 5.27. The number of ketones is 1. The first kappa shape index (κ1) is 19.3. The van der Waals surface area contributed by atoms with Crippen molar-refractivity contribution in [1.82, 2.24) is 5.32 Å². The summed E-state index contributed by atoms with van der Waals surface area (Å²) in [5.41, 5.74) is 3.16. The van der Waals surface area contributed by atoms with E-state index in [1.165, 1.54) is 43.5 Å². The highest BCUT2D eigenvalue weighted by Gasteiger charge is 2.16. The van der Waals surface area contributed by atoms with Crippen LogP contribution in [0.2, 0.25) is 0 Å². The van der Waals surface area contributed by atoms with Gasteiger partial charge in [-0.3, -0.25) is 9.59 Å². The van der Waals surface area contributed by atoms with Gasteiger partial charge in [0.05, 0.1) is 13.1 Å². The van der Waals surface area contributed by atoms with Gasteiger partial charge in [0.2, 0.25) is 5.91 Å². The third-order valence-corrected chi connectivity index (χ3v) is 5.27. The molecule has 1 saturated heterocycles. The zero-order valence-electron chi connectivity index (χ0n) is 15.9. The number of piperidine rings is 1. The number of carbonyl (C=O) groups is 2. The smallest absolute Gasteiger partial charge is 0.220 e. The average Bonchev–Trinajstić information content (AvgIpc) is 2.73. The number of quaternary nitrogens is 1. The molecule has 1 aliphatic rings. The van der Waals surface area contributed by atoms with Gasteiger partial charge in [-0.2, -0.15) is 0 Å². The first-order valence-electron chi connectivity index (χ1n) is 9.97. The van der Waals surface area contributed by atoms with E-state index in [9.17, 15) is 9.59 Å². The summed E-state index contributed by atoms with van der Waals surface area (Å²) in [5, 5.41) is 2.98. The standard InChI is InChI=1S/C23H28N2O2/c26-22(19-9-3-1-4-10-19)13-14-23(27)24-17-20-11-5-6-12-21(20)18-25-15-7-2-8-16-25/h1,3-6,9-12H,2,7-8,13-18H2,(H,24,27)/p+1. The van der Waals surface area contributed by atoms with Crippen molar-refractivity contribution in [2.24, 2.45) is 0 Å². The van der Waals surface area contributed by atoms with Crippen molar-refractivity contribution in [2.45, 2.75) is 45.2 Å². The van der Waals surface area contributed by atoms with Crippen molar-refractivity contribution >= 4 is 11.7 Å². The lowest BCUT2D eigenvalue weighted by Crippen LogP contribution is -3.11. The predicted octanol–water partition coefficient (Wildman–Crippen LogP) is 2.53. The number of carbonyl (C=O) groups excluding carboxylic acids is 2. The molecule has 1 amide bonds. The molecule has 4 heteroatoms. The fourth-order valence-electron chi connectivity index (χ4n) is 3.68. The summed E-state index contributed by atoms with van der Waals surface area (Å²) in [7, 11) is 0. The van der Waals surface area contributed by atoms with Gasteiger partial charge in [0.15, 0.2) is 5.78 Å². The van der Waals surface area contributed by atoms with E-state index < -0.39 is 0 Å². The zero-order valence-corrected chi connectivity index (χ0v) is 15.9. The van der Waals surface area contributed by atoms with Crippen molar-refractivity contribution in [1.29, 1.82) is 0 Å². The first-order valence-corrected chi connectivity index (χ1v) is 9.97. The van der Waals surface area contributed by atoms with Gasteiger partial charge < -0.3 is 10.2 Å². The van der Waals surface area contributed by atoms with Gasteiger partial charge in [-0.05, 0) is 24.8 Å². The average molecular weight is 365 g/mol. The summed E-state index contributed by atoms with van der Waals surface area (Å²) in [4.78, 5) is 25.9. The molecule has 0 unspecified atom stereocenters. The molecule has 3 rings (SSSR count). The van der Waals surface area contributed by atoms with Crippen molar-refractivity contribution in [2.75, 3.05) is 13.1 Å². The lowest BCUT2D eigenvalue weighted by molar-refractivity contribution is -0.918. The Kier molecular flexibility index (Phi) is 7.17. The number of hydrogen-bond acceptors (Lipinski definition) is 2. The van der Waals surface area contributed by atoms with Gasteiger partial charge in [-0.15, -0.1) is 0 Å². The molecular weight excluding hydrogens is 336 g/mol. The molecule has 0 spiro atoms. The number of rotatable bonds is 8. The molecule has 2 aromatic carbocycles. The number of nitrogens with one attached hydrogen (secondary N) is 2. The van der Waals surface area contributed by atoms with Crippen molar-refractivity contribution in [3.63, 3.8) is 0 Å². The minimum Gasteiger partial charge on any atom is -0.352 e. The molecular formula is C23H29N2O2+. The van der Waals surface area contributed by atoms with Crippen molar-refractivity contribution in [3.05, 3.63) is 71.3 Å². The van der Waals surface area contributed by atoms with Crippen LogP contribution < -0.4 is 10.2 Å². The van der Waals surface area contributed by atoms with Crippen molar-refractivity contribution < 1.29 is 14.5 Å². The maximum absolute atomic E-state index is 12.2. The lowest BCUT2D eigenvalue weighted by Gasteiger charge is -2.24. The minimum absolute atomic E-state index is 0.0137. The second-order valence-electron chi connectivity index (χ2n) is 7.32. The van der Waals surface area contributed by atoms with E-state index in [0.717, 1.165) is 6.54 Å². The molecule has 1 aliphatic heterocycles. The highest BCUT2D eigenvalue weighted by atomic mass is 16.2. The number of Topliss-reactive ketones (excluding diaryl/α,β-unsaturated/α-hetero) is 1. The molecule has 0 radical (unpaired) electrons. The molecule has 142 valence electrons. The quantitative estimate of drug-likeness (QED) is 0.707. The summed E-state index contributed by atoms with van der Waals surface area (Å²) >= 11 is 0. The van der Waals surface area contributed by atoms with Crippen LogP contribution in [-0.2, 0) is 17.9 Å². The van der Waals surface area contributed by atoms with Gasteiger partial charge in [0, 0.05) is 30.5 Å². The molecule has 0 aliphatic carbocycles. The van der Waals surface area contributed by atoms with E-state index >= 15 is 0 Å². The molecule has 0 bridgehead atoms. The number of likely N-dealkylation sites (tertiary alicyclic amines) is 1. The summed E-state index contributed by atoms with van der Waals surface area (Å²) < 4.78 is 0.